The molecule has 7 heteroatoms. The molecule has 0 aliphatic carbocycles. The molecule has 1 atom stereocenters. The normalized spacial score (nSPS) is 11.8. The summed E-state index contributed by atoms with van der Waals surface area (Å²) >= 11 is 0. The Morgan fingerprint density at radius 3 is 1.41 bits per heavy atom. The number of carbonyl (C=O) groups excluding carboxylic acids is 4. The summed E-state index contributed by atoms with van der Waals surface area (Å²) in [7, 11) is 0.434. The molecule has 6 nitrogen and oxygen atoms in total. The molecule has 0 saturated carbocycles. The zero-order valence-electron chi connectivity index (χ0n) is 21.2. The van der Waals surface area contributed by atoms with Crippen molar-refractivity contribution in [1.82, 2.24) is 0 Å². The van der Waals surface area contributed by atoms with Crippen LogP contribution >= 0.6 is 7.92 Å². The second kappa shape index (κ2) is 11.5. The van der Waals surface area contributed by atoms with Gasteiger partial charge in [0.1, 0.15) is 0 Å². The van der Waals surface area contributed by atoms with Gasteiger partial charge in [0.2, 0.25) is 0 Å². The van der Waals surface area contributed by atoms with Crippen LogP contribution in [0.1, 0.15) is 60.5 Å². The van der Waals surface area contributed by atoms with Gasteiger partial charge in [-0.15, -0.1) is 0 Å². The van der Waals surface area contributed by atoms with Gasteiger partial charge in [0.25, 0.3) is 0 Å². The van der Waals surface area contributed by atoms with Gasteiger partial charge in [-0.2, -0.15) is 0 Å². The van der Waals surface area contributed by atoms with Crippen molar-refractivity contribution in [3.05, 3.63) is 68.8 Å². The van der Waals surface area contributed by atoms with E-state index in [-0.39, 0.29) is 23.6 Å². The number of ether oxygens (including phenoxy) is 2. The van der Waals surface area contributed by atoms with E-state index in [4.69, 9.17) is 9.47 Å². The lowest BCUT2D eigenvalue weighted by molar-refractivity contribution is -0.151. The van der Waals surface area contributed by atoms with Crippen molar-refractivity contribution < 1.29 is 28.7 Å². The van der Waals surface area contributed by atoms with Crippen LogP contribution in [0.2, 0.25) is 0 Å². The highest BCUT2D eigenvalue weighted by Gasteiger charge is 2.37. The van der Waals surface area contributed by atoms with Crippen molar-refractivity contribution in [3.8, 4) is 0 Å². The van der Waals surface area contributed by atoms with E-state index in [1.54, 1.807) is 0 Å². The highest BCUT2D eigenvalue weighted by atomic mass is 31.1. The number of esters is 2. The molecule has 0 saturated heterocycles. The largest absolute Gasteiger partial charge is 0.469 e. The van der Waals surface area contributed by atoms with E-state index < -0.39 is 25.8 Å². The number of carbonyl (C=O) groups is 4. The summed E-state index contributed by atoms with van der Waals surface area (Å²) in [5, 5.41) is 0. The van der Waals surface area contributed by atoms with Gasteiger partial charge in [0.05, 0.1) is 26.6 Å². The molecule has 0 aliphatic heterocycles. The van der Waals surface area contributed by atoms with Crippen LogP contribution in [-0.2, 0) is 19.1 Å². The van der Waals surface area contributed by atoms with Crippen LogP contribution in [-0.4, -0.2) is 43.4 Å². The van der Waals surface area contributed by atoms with Crippen LogP contribution < -0.4 is 0 Å². The van der Waals surface area contributed by atoms with Crippen LogP contribution in [0.3, 0.4) is 0 Å². The lowest BCUT2D eigenvalue weighted by Gasteiger charge is -2.23. The van der Waals surface area contributed by atoms with Gasteiger partial charge in [0, 0.05) is 19.0 Å². The van der Waals surface area contributed by atoms with Gasteiger partial charge >= 0.3 is 11.9 Å². The summed E-state index contributed by atoms with van der Waals surface area (Å²) in [6, 6.07) is 7.64. The number of hydrogen-bond acceptors (Lipinski definition) is 6. The minimum Gasteiger partial charge on any atom is -0.469 e. The first-order valence-corrected chi connectivity index (χ1v) is 12.6. The lowest BCUT2D eigenvalue weighted by atomic mass is 10.0. The number of benzene rings is 2. The third-order valence-corrected chi connectivity index (χ3v) is 8.08. The first kappa shape index (κ1) is 27.4. The van der Waals surface area contributed by atoms with Gasteiger partial charge < -0.3 is 9.47 Å². The van der Waals surface area contributed by atoms with Crippen molar-refractivity contribution in [2.24, 2.45) is 5.92 Å². The maximum absolute atomic E-state index is 13.9. The van der Waals surface area contributed by atoms with E-state index in [1.807, 2.05) is 65.8 Å². The number of methoxy groups -OCH3 is 2. The first-order valence-electron chi connectivity index (χ1n) is 11.1. The van der Waals surface area contributed by atoms with Crippen LogP contribution in [0.5, 0.6) is 0 Å². The summed E-state index contributed by atoms with van der Waals surface area (Å²) in [6.07, 6.45) is -0.353. The highest BCUT2D eigenvalue weighted by Crippen LogP contribution is 2.48. The molecule has 2 rings (SSSR count). The molecular weight excluding hydrogens is 451 g/mol. The van der Waals surface area contributed by atoms with Crippen LogP contribution in [0.25, 0.3) is 0 Å². The third-order valence-electron chi connectivity index (χ3n) is 5.85. The van der Waals surface area contributed by atoms with Gasteiger partial charge in [0.15, 0.2) is 11.0 Å². The van der Waals surface area contributed by atoms with Crippen molar-refractivity contribution in [3.63, 3.8) is 0 Å². The Labute approximate surface area is 202 Å². The first-order chi connectivity index (χ1) is 15.9. The molecule has 0 spiro atoms. The Morgan fingerprint density at radius 1 is 0.706 bits per heavy atom. The average Bonchev–Trinajstić information content (AvgIpc) is 2.73. The Balaban J connectivity index is 2.65. The number of aryl methyl sites for hydroxylation is 6. The van der Waals surface area contributed by atoms with Crippen molar-refractivity contribution in [1.29, 1.82) is 0 Å². The maximum atomic E-state index is 13.9. The van der Waals surface area contributed by atoms with Crippen molar-refractivity contribution >= 4 is 30.9 Å². The quantitative estimate of drug-likeness (QED) is 0.352. The van der Waals surface area contributed by atoms with E-state index in [2.05, 4.69) is 0 Å². The molecular formula is C27H33O6P. The predicted molar refractivity (Wildman–Crippen MR) is 134 cm³/mol. The zero-order valence-corrected chi connectivity index (χ0v) is 22.1. The summed E-state index contributed by atoms with van der Waals surface area (Å²) in [5.41, 5.74) is 5.55. The molecule has 0 heterocycles. The SMILES string of the molecule is COC(=O)CC(CP(C(=O)c1c(C)cc(C)cc1C)C(=O)c1c(C)cc(C)cc1C)C(=O)OC. The van der Waals surface area contributed by atoms with Gasteiger partial charge in [-0.3, -0.25) is 19.2 Å². The van der Waals surface area contributed by atoms with Crippen LogP contribution in [0.4, 0.5) is 0 Å². The molecule has 0 aromatic heterocycles. The Bertz CT molecular complexity index is 1020. The minimum atomic E-state index is -2.02. The number of rotatable bonds is 9. The molecule has 182 valence electrons. The molecule has 0 aliphatic rings. The molecule has 0 bridgehead atoms. The smallest absolute Gasteiger partial charge is 0.309 e. The molecule has 34 heavy (non-hydrogen) atoms. The minimum absolute atomic E-state index is 0.0890. The monoisotopic (exact) mass is 484 g/mol. The fourth-order valence-electron chi connectivity index (χ4n) is 4.46. The maximum Gasteiger partial charge on any atom is 0.309 e. The van der Waals surface area contributed by atoms with E-state index in [0.717, 1.165) is 33.4 Å². The highest BCUT2D eigenvalue weighted by molar-refractivity contribution is 7.90. The summed E-state index contributed by atoms with van der Waals surface area (Å²) in [4.78, 5) is 52.4. The molecule has 0 fully saturated rings. The average molecular weight is 485 g/mol. The fraction of sp³-hybridized carbons (Fsp3) is 0.407. The standard InChI is InChI=1S/C27H33O6P/c1-15-9-17(3)23(18(4)10-15)26(30)34(14-21(25(29)33-8)13-22(28)32-7)27(31)24-19(5)11-16(2)12-20(24)6/h9-12,21H,13-14H2,1-8H3. The molecule has 2 aromatic carbocycles. The van der Waals surface area contributed by atoms with Gasteiger partial charge in [-0.05, 0) is 70.0 Å². The molecule has 0 N–H and O–H groups in total. The van der Waals surface area contributed by atoms with E-state index in [0.29, 0.717) is 11.1 Å². The fourth-order valence-corrected chi connectivity index (χ4v) is 6.94. The number of hydrogen-bond donors (Lipinski definition) is 0. The lowest BCUT2D eigenvalue weighted by Crippen LogP contribution is -2.26. The molecule has 1 unspecified atom stereocenters. The Morgan fingerprint density at radius 2 is 1.09 bits per heavy atom. The second-order valence-electron chi connectivity index (χ2n) is 8.77. The molecule has 0 radical (unpaired) electrons. The van der Waals surface area contributed by atoms with E-state index in [9.17, 15) is 19.2 Å². The predicted octanol–water partition coefficient (Wildman–Crippen LogP) is 5.35. The van der Waals surface area contributed by atoms with Crippen LogP contribution in [0, 0.1) is 47.5 Å². The summed E-state index contributed by atoms with van der Waals surface area (Å²) in [5.74, 6) is -2.21. The van der Waals surface area contributed by atoms with Gasteiger partial charge in [-0.1, -0.05) is 35.4 Å². The Kier molecular flexibility index (Phi) is 9.29. The summed E-state index contributed by atoms with van der Waals surface area (Å²) < 4.78 is 9.64. The molecule has 2 aromatic rings. The van der Waals surface area contributed by atoms with Crippen LogP contribution in [0.15, 0.2) is 24.3 Å². The van der Waals surface area contributed by atoms with Crippen molar-refractivity contribution in [2.75, 3.05) is 20.4 Å². The zero-order chi connectivity index (χ0) is 25.7. The molecule has 0 amide bonds. The summed E-state index contributed by atoms with van der Waals surface area (Å²) in [6.45, 7) is 11.3. The van der Waals surface area contributed by atoms with E-state index in [1.165, 1.54) is 14.2 Å². The third kappa shape index (κ3) is 6.18. The second-order valence-corrected chi connectivity index (χ2v) is 10.8. The Hall–Kier alpha value is -2.85. The topological polar surface area (TPSA) is 86.7 Å². The van der Waals surface area contributed by atoms with E-state index >= 15 is 0 Å². The van der Waals surface area contributed by atoms with Gasteiger partial charge in [-0.25, -0.2) is 0 Å². The van der Waals surface area contributed by atoms with Crippen molar-refractivity contribution in [2.45, 2.75) is 48.0 Å².